The van der Waals surface area contributed by atoms with Crippen molar-refractivity contribution in [2.75, 3.05) is 32.9 Å². The number of fused-ring (bicyclic) bond motifs is 1. The number of carbonyl (C=O) groups excluding carboxylic acids is 1. The Hall–Kier alpha value is -1.55. The molecule has 0 aromatic heterocycles. The van der Waals surface area contributed by atoms with E-state index in [4.69, 9.17) is 9.47 Å². The first-order chi connectivity index (χ1) is 8.36. The lowest BCUT2D eigenvalue weighted by atomic mass is 10.00. The monoisotopic (exact) mass is 233 g/mol. The SMILES string of the molecule is O=C(C1COc2ccccc21)N1CCOCC1. The zero-order valence-corrected chi connectivity index (χ0v) is 9.59. The Bertz CT molecular complexity index is 426. The molecular weight excluding hydrogens is 218 g/mol. The number of para-hydroxylation sites is 1. The van der Waals surface area contributed by atoms with Gasteiger partial charge in [-0.2, -0.15) is 0 Å². The third-order valence-electron chi connectivity index (χ3n) is 3.32. The molecule has 0 spiro atoms. The Kier molecular flexibility index (Phi) is 2.73. The number of hydrogen-bond donors (Lipinski definition) is 0. The van der Waals surface area contributed by atoms with Crippen LogP contribution in [0, 0.1) is 0 Å². The summed E-state index contributed by atoms with van der Waals surface area (Å²) in [5, 5.41) is 0. The number of carbonyl (C=O) groups is 1. The maximum atomic E-state index is 12.4. The third-order valence-corrected chi connectivity index (χ3v) is 3.32. The average molecular weight is 233 g/mol. The van der Waals surface area contributed by atoms with E-state index in [0.29, 0.717) is 32.9 Å². The average Bonchev–Trinajstić information content (AvgIpc) is 2.83. The number of ether oxygens (including phenoxy) is 2. The molecule has 0 radical (unpaired) electrons. The Morgan fingerprint density at radius 2 is 2.00 bits per heavy atom. The summed E-state index contributed by atoms with van der Waals surface area (Å²) in [6, 6.07) is 7.78. The highest BCUT2D eigenvalue weighted by molar-refractivity contribution is 5.85. The molecular formula is C13H15NO3. The molecule has 0 saturated carbocycles. The molecule has 1 unspecified atom stereocenters. The largest absolute Gasteiger partial charge is 0.492 e. The van der Waals surface area contributed by atoms with Gasteiger partial charge in [0.2, 0.25) is 5.91 Å². The van der Waals surface area contributed by atoms with E-state index in [1.807, 2.05) is 29.2 Å². The minimum atomic E-state index is -0.135. The molecule has 1 aromatic carbocycles. The van der Waals surface area contributed by atoms with Crippen LogP contribution < -0.4 is 4.74 Å². The van der Waals surface area contributed by atoms with Crippen molar-refractivity contribution >= 4 is 5.91 Å². The Morgan fingerprint density at radius 3 is 2.82 bits per heavy atom. The van der Waals surface area contributed by atoms with Crippen molar-refractivity contribution in [3.8, 4) is 5.75 Å². The molecule has 0 aliphatic carbocycles. The lowest BCUT2D eigenvalue weighted by Crippen LogP contribution is -2.43. The lowest BCUT2D eigenvalue weighted by Gasteiger charge is -2.28. The van der Waals surface area contributed by atoms with Crippen LogP contribution in [-0.2, 0) is 9.53 Å². The molecule has 2 aliphatic rings. The quantitative estimate of drug-likeness (QED) is 0.727. The Morgan fingerprint density at radius 1 is 1.24 bits per heavy atom. The van der Waals surface area contributed by atoms with Crippen LogP contribution in [0.15, 0.2) is 24.3 Å². The number of amides is 1. The zero-order valence-electron chi connectivity index (χ0n) is 9.59. The van der Waals surface area contributed by atoms with E-state index in [2.05, 4.69) is 0 Å². The highest BCUT2D eigenvalue weighted by Crippen LogP contribution is 2.34. The van der Waals surface area contributed by atoms with Gasteiger partial charge in [-0.3, -0.25) is 4.79 Å². The minimum absolute atomic E-state index is 0.135. The first kappa shape index (κ1) is 10.6. The van der Waals surface area contributed by atoms with Crippen LogP contribution in [0.4, 0.5) is 0 Å². The maximum Gasteiger partial charge on any atom is 0.233 e. The van der Waals surface area contributed by atoms with E-state index < -0.39 is 0 Å². The summed E-state index contributed by atoms with van der Waals surface area (Å²) in [5.74, 6) is 0.877. The summed E-state index contributed by atoms with van der Waals surface area (Å²) in [6.07, 6.45) is 0. The van der Waals surface area contributed by atoms with Crippen molar-refractivity contribution in [1.82, 2.24) is 4.90 Å². The summed E-state index contributed by atoms with van der Waals surface area (Å²) in [7, 11) is 0. The van der Waals surface area contributed by atoms with Gasteiger partial charge in [0.05, 0.1) is 13.2 Å². The molecule has 90 valence electrons. The summed E-state index contributed by atoms with van der Waals surface area (Å²) >= 11 is 0. The van der Waals surface area contributed by atoms with E-state index in [1.165, 1.54) is 0 Å². The van der Waals surface area contributed by atoms with Crippen LogP contribution in [0.1, 0.15) is 11.5 Å². The number of rotatable bonds is 1. The fraction of sp³-hybridized carbons (Fsp3) is 0.462. The van der Waals surface area contributed by atoms with E-state index in [1.54, 1.807) is 0 Å². The molecule has 1 aromatic rings. The van der Waals surface area contributed by atoms with Crippen molar-refractivity contribution in [3.05, 3.63) is 29.8 Å². The topological polar surface area (TPSA) is 38.8 Å². The van der Waals surface area contributed by atoms with Crippen molar-refractivity contribution < 1.29 is 14.3 Å². The standard InChI is InChI=1S/C13H15NO3/c15-13(14-5-7-16-8-6-14)11-9-17-12-4-2-1-3-10(11)12/h1-4,11H,5-9H2. The molecule has 3 rings (SSSR count). The third kappa shape index (κ3) is 1.89. The van der Waals surface area contributed by atoms with Crippen LogP contribution in [-0.4, -0.2) is 43.7 Å². The lowest BCUT2D eigenvalue weighted by molar-refractivity contribution is -0.137. The molecule has 4 heteroatoms. The summed E-state index contributed by atoms with van der Waals surface area (Å²) in [4.78, 5) is 14.2. The molecule has 1 saturated heterocycles. The van der Waals surface area contributed by atoms with Crippen LogP contribution >= 0.6 is 0 Å². The van der Waals surface area contributed by atoms with Gasteiger partial charge in [0.1, 0.15) is 18.3 Å². The van der Waals surface area contributed by atoms with E-state index in [0.717, 1.165) is 11.3 Å². The Balaban J connectivity index is 1.79. The summed E-state index contributed by atoms with van der Waals surface area (Å²) in [6.45, 7) is 3.13. The van der Waals surface area contributed by atoms with Gasteiger partial charge in [-0.15, -0.1) is 0 Å². The van der Waals surface area contributed by atoms with Crippen LogP contribution in [0.3, 0.4) is 0 Å². The highest BCUT2D eigenvalue weighted by atomic mass is 16.5. The predicted molar refractivity (Wildman–Crippen MR) is 62.1 cm³/mol. The van der Waals surface area contributed by atoms with Crippen LogP contribution in [0.2, 0.25) is 0 Å². The molecule has 0 N–H and O–H groups in total. The van der Waals surface area contributed by atoms with Crippen LogP contribution in [0.5, 0.6) is 5.75 Å². The molecule has 4 nitrogen and oxygen atoms in total. The van der Waals surface area contributed by atoms with Crippen molar-refractivity contribution in [1.29, 1.82) is 0 Å². The van der Waals surface area contributed by atoms with Gasteiger partial charge < -0.3 is 14.4 Å². The number of morpholine rings is 1. The smallest absolute Gasteiger partial charge is 0.233 e. The second-order valence-corrected chi connectivity index (χ2v) is 4.34. The van der Waals surface area contributed by atoms with E-state index in [-0.39, 0.29) is 11.8 Å². The Labute approximate surface area is 100 Å². The first-order valence-electron chi connectivity index (χ1n) is 5.94. The fourth-order valence-corrected chi connectivity index (χ4v) is 2.37. The van der Waals surface area contributed by atoms with Crippen molar-refractivity contribution in [2.24, 2.45) is 0 Å². The predicted octanol–water partition coefficient (Wildman–Crippen LogP) is 1.02. The summed E-state index contributed by atoms with van der Waals surface area (Å²) in [5.41, 5.74) is 1.02. The second-order valence-electron chi connectivity index (χ2n) is 4.34. The van der Waals surface area contributed by atoms with Gasteiger partial charge in [0.25, 0.3) is 0 Å². The van der Waals surface area contributed by atoms with Gasteiger partial charge >= 0.3 is 0 Å². The maximum absolute atomic E-state index is 12.4. The summed E-state index contributed by atoms with van der Waals surface area (Å²) < 4.78 is 10.8. The first-order valence-corrected chi connectivity index (χ1v) is 5.94. The van der Waals surface area contributed by atoms with Gasteiger partial charge in [-0.25, -0.2) is 0 Å². The normalized spacial score (nSPS) is 23.1. The molecule has 2 heterocycles. The molecule has 0 bridgehead atoms. The fourth-order valence-electron chi connectivity index (χ4n) is 2.37. The van der Waals surface area contributed by atoms with Gasteiger partial charge in [-0.05, 0) is 6.07 Å². The number of hydrogen-bond acceptors (Lipinski definition) is 3. The van der Waals surface area contributed by atoms with E-state index in [9.17, 15) is 4.79 Å². The molecule has 1 amide bonds. The van der Waals surface area contributed by atoms with Gasteiger partial charge in [0.15, 0.2) is 0 Å². The van der Waals surface area contributed by atoms with Gasteiger partial charge in [-0.1, -0.05) is 18.2 Å². The van der Waals surface area contributed by atoms with Gasteiger partial charge in [0, 0.05) is 18.7 Å². The zero-order chi connectivity index (χ0) is 11.7. The number of nitrogens with zero attached hydrogens (tertiary/aromatic N) is 1. The number of benzene rings is 1. The molecule has 1 fully saturated rings. The molecule has 2 aliphatic heterocycles. The molecule has 1 atom stereocenters. The second kappa shape index (κ2) is 4.37. The van der Waals surface area contributed by atoms with E-state index >= 15 is 0 Å². The van der Waals surface area contributed by atoms with Crippen molar-refractivity contribution in [2.45, 2.75) is 5.92 Å². The van der Waals surface area contributed by atoms with Crippen molar-refractivity contribution in [3.63, 3.8) is 0 Å². The molecule has 17 heavy (non-hydrogen) atoms. The minimum Gasteiger partial charge on any atom is -0.492 e. The highest BCUT2D eigenvalue weighted by Gasteiger charge is 2.33. The van der Waals surface area contributed by atoms with Crippen LogP contribution in [0.25, 0.3) is 0 Å².